The van der Waals surface area contributed by atoms with Crippen molar-refractivity contribution in [1.29, 1.82) is 0 Å². The molecule has 0 bridgehead atoms. The van der Waals surface area contributed by atoms with Crippen LogP contribution in [0.25, 0.3) is 10.9 Å². The highest BCUT2D eigenvalue weighted by atomic mass is 35.5. The Kier molecular flexibility index (Phi) is 4.60. The lowest BCUT2D eigenvalue weighted by molar-refractivity contribution is 0.796. The highest BCUT2D eigenvalue weighted by molar-refractivity contribution is 6.35. The van der Waals surface area contributed by atoms with Gasteiger partial charge in [0.15, 0.2) is 0 Å². The third-order valence-electron chi connectivity index (χ3n) is 3.20. The van der Waals surface area contributed by atoms with E-state index in [1.807, 2.05) is 6.07 Å². The van der Waals surface area contributed by atoms with E-state index in [9.17, 15) is 0 Å². The van der Waals surface area contributed by atoms with Crippen molar-refractivity contribution in [2.45, 2.75) is 46.0 Å². The zero-order chi connectivity index (χ0) is 13.0. The molecule has 0 unspecified atom stereocenters. The molecule has 0 aliphatic carbocycles. The highest BCUT2D eigenvalue weighted by Crippen LogP contribution is 2.25. The molecule has 0 aliphatic heterocycles. The fraction of sp³-hybridized carbons (Fsp3) is 0.438. The molecule has 0 saturated carbocycles. The van der Waals surface area contributed by atoms with Crippen molar-refractivity contribution >= 4 is 22.5 Å². The summed E-state index contributed by atoms with van der Waals surface area (Å²) in [5.74, 6) is 0. The van der Waals surface area contributed by atoms with Gasteiger partial charge in [0.25, 0.3) is 0 Å². The SMILES string of the molecule is CCCCc1ccc2nc(CCC)cc(Cl)c2c1. The number of halogens is 1. The number of aryl methyl sites for hydroxylation is 2. The molecule has 2 heteroatoms. The fourth-order valence-corrected chi connectivity index (χ4v) is 2.48. The maximum absolute atomic E-state index is 6.36. The Morgan fingerprint density at radius 3 is 2.61 bits per heavy atom. The predicted molar refractivity (Wildman–Crippen MR) is 79.4 cm³/mol. The average Bonchev–Trinajstić information content (AvgIpc) is 2.37. The van der Waals surface area contributed by atoms with Gasteiger partial charge in [-0.05, 0) is 43.0 Å². The van der Waals surface area contributed by atoms with Crippen LogP contribution >= 0.6 is 11.6 Å². The lowest BCUT2D eigenvalue weighted by Crippen LogP contribution is -1.92. The molecule has 2 aromatic rings. The van der Waals surface area contributed by atoms with E-state index in [-0.39, 0.29) is 0 Å². The molecule has 1 aromatic carbocycles. The Hall–Kier alpha value is -1.08. The maximum Gasteiger partial charge on any atom is 0.0720 e. The standard InChI is InChI=1S/C16H20ClN/c1-3-5-7-12-8-9-16-14(10-12)15(17)11-13(18-16)6-4-2/h8-11H,3-7H2,1-2H3. The molecule has 1 heterocycles. The molecule has 1 nitrogen and oxygen atoms in total. The summed E-state index contributed by atoms with van der Waals surface area (Å²) in [5.41, 5.74) is 3.47. The van der Waals surface area contributed by atoms with E-state index in [0.717, 1.165) is 40.9 Å². The van der Waals surface area contributed by atoms with Gasteiger partial charge < -0.3 is 0 Å². The first-order valence-corrected chi connectivity index (χ1v) is 7.20. The smallest absolute Gasteiger partial charge is 0.0720 e. The molecule has 0 atom stereocenters. The molecule has 0 radical (unpaired) electrons. The van der Waals surface area contributed by atoms with Gasteiger partial charge in [-0.1, -0.05) is 44.4 Å². The van der Waals surface area contributed by atoms with Gasteiger partial charge in [0.2, 0.25) is 0 Å². The summed E-state index contributed by atoms with van der Waals surface area (Å²) in [5, 5.41) is 1.92. The van der Waals surface area contributed by atoms with Crippen LogP contribution in [0.3, 0.4) is 0 Å². The van der Waals surface area contributed by atoms with Crippen molar-refractivity contribution in [1.82, 2.24) is 4.98 Å². The molecule has 1 aromatic heterocycles. The normalized spacial score (nSPS) is 11.1. The van der Waals surface area contributed by atoms with Crippen molar-refractivity contribution in [2.75, 3.05) is 0 Å². The molecule has 0 amide bonds. The summed E-state index contributed by atoms with van der Waals surface area (Å²) < 4.78 is 0. The van der Waals surface area contributed by atoms with Gasteiger partial charge in [-0.25, -0.2) is 0 Å². The van der Waals surface area contributed by atoms with Crippen LogP contribution in [-0.4, -0.2) is 4.98 Å². The van der Waals surface area contributed by atoms with Crippen molar-refractivity contribution in [2.24, 2.45) is 0 Å². The van der Waals surface area contributed by atoms with E-state index < -0.39 is 0 Å². The monoisotopic (exact) mass is 261 g/mol. The second kappa shape index (κ2) is 6.19. The van der Waals surface area contributed by atoms with Gasteiger partial charge in [0, 0.05) is 11.1 Å². The average molecular weight is 262 g/mol. The second-order valence-electron chi connectivity index (χ2n) is 4.80. The Bertz CT molecular complexity index is 534. The molecular weight excluding hydrogens is 242 g/mol. The summed E-state index contributed by atoms with van der Waals surface area (Å²) in [6, 6.07) is 8.48. The first-order chi connectivity index (χ1) is 8.74. The lowest BCUT2D eigenvalue weighted by atomic mass is 10.0. The number of pyridine rings is 1. The van der Waals surface area contributed by atoms with E-state index >= 15 is 0 Å². The Morgan fingerprint density at radius 1 is 1.06 bits per heavy atom. The van der Waals surface area contributed by atoms with E-state index in [1.165, 1.54) is 18.4 Å². The van der Waals surface area contributed by atoms with Crippen LogP contribution in [0.5, 0.6) is 0 Å². The van der Waals surface area contributed by atoms with Crippen LogP contribution in [0.1, 0.15) is 44.4 Å². The number of unbranched alkanes of at least 4 members (excludes halogenated alkanes) is 1. The third-order valence-corrected chi connectivity index (χ3v) is 3.51. The zero-order valence-corrected chi connectivity index (χ0v) is 11.9. The van der Waals surface area contributed by atoms with Gasteiger partial charge in [-0.15, -0.1) is 0 Å². The zero-order valence-electron chi connectivity index (χ0n) is 11.2. The highest BCUT2D eigenvalue weighted by Gasteiger charge is 2.05. The van der Waals surface area contributed by atoms with E-state index in [2.05, 4.69) is 37.0 Å². The summed E-state index contributed by atoms with van der Waals surface area (Å²) in [6.07, 6.45) is 5.67. The van der Waals surface area contributed by atoms with Crippen molar-refractivity contribution in [3.63, 3.8) is 0 Å². The number of hydrogen-bond donors (Lipinski definition) is 0. The molecule has 0 saturated heterocycles. The minimum Gasteiger partial charge on any atom is -0.253 e. The van der Waals surface area contributed by atoms with Crippen molar-refractivity contribution in [3.8, 4) is 0 Å². The van der Waals surface area contributed by atoms with Crippen LogP contribution in [0.4, 0.5) is 0 Å². The first-order valence-electron chi connectivity index (χ1n) is 6.82. The summed E-state index contributed by atoms with van der Waals surface area (Å²) in [6.45, 7) is 4.38. The molecule has 18 heavy (non-hydrogen) atoms. The predicted octanol–water partition coefficient (Wildman–Crippen LogP) is 5.18. The van der Waals surface area contributed by atoms with Crippen molar-refractivity contribution in [3.05, 3.63) is 40.5 Å². The number of fused-ring (bicyclic) bond motifs is 1. The number of hydrogen-bond acceptors (Lipinski definition) is 1. The maximum atomic E-state index is 6.36. The number of rotatable bonds is 5. The molecule has 0 N–H and O–H groups in total. The summed E-state index contributed by atoms with van der Waals surface area (Å²) >= 11 is 6.36. The molecule has 2 rings (SSSR count). The van der Waals surface area contributed by atoms with Crippen LogP contribution < -0.4 is 0 Å². The Morgan fingerprint density at radius 2 is 1.89 bits per heavy atom. The largest absolute Gasteiger partial charge is 0.253 e. The van der Waals surface area contributed by atoms with Gasteiger partial charge in [0.05, 0.1) is 10.5 Å². The Balaban J connectivity index is 2.38. The molecule has 0 spiro atoms. The van der Waals surface area contributed by atoms with Crippen LogP contribution in [0.2, 0.25) is 5.02 Å². The number of benzene rings is 1. The molecule has 0 fully saturated rings. The quantitative estimate of drug-likeness (QED) is 0.722. The molecule has 0 aliphatic rings. The molecule has 96 valence electrons. The van der Waals surface area contributed by atoms with E-state index in [1.54, 1.807) is 0 Å². The second-order valence-corrected chi connectivity index (χ2v) is 5.21. The van der Waals surface area contributed by atoms with E-state index in [4.69, 9.17) is 11.6 Å². The number of aromatic nitrogens is 1. The van der Waals surface area contributed by atoms with Gasteiger partial charge in [-0.3, -0.25) is 4.98 Å². The third kappa shape index (κ3) is 3.02. The number of nitrogens with zero attached hydrogens (tertiary/aromatic N) is 1. The lowest BCUT2D eigenvalue weighted by Gasteiger charge is -2.07. The van der Waals surface area contributed by atoms with E-state index in [0.29, 0.717) is 0 Å². The minimum atomic E-state index is 0.835. The van der Waals surface area contributed by atoms with Gasteiger partial charge in [0.1, 0.15) is 0 Å². The summed E-state index contributed by atoms with van der Waals surface area (Å²) in [7, 11) is 0. The Labute approximate surface area is 114 Å². The van der Waals surface area contributed by atoms with Gasteiger partial charge >= 0.3 is 0 Å². The first kappa shape index (κ1) is 13.4. The minimum absolute atomic E-state index is 0.835. The van der Waals surface area contributed by atoms with Crippen molar-refractivity contribution < 1.29 is 0 Å². The summed E-state index contributed by atoms with van der Waals surface area (Å²) in [4.78, 5) is 4.66. The fourth-order valence-electron chi connectivity index (χ4n) is 2.20. The molecular formula is C16H20ClN. The van der Waals surface area contributed by atoms with Crippen LogP contribution in [0.15, 0.2) is 24.3 Å². The van der Waals surface area contributed by atoms with Crippen LogP contribution in [-0.2, 0) is 12.8 Å². The van der Waals surface area contributed by atoms with Crippen LogP contribution in [0, 0.1) is 0 Å². The topological polar surface area (TPSA) is 12.9 Å². The van der Waals surface area contributed by atoms with Gasteiger partial charge in [-0.2, -0.15) is 0 Å².